The molecular weight excluding hydrogens is 574 g/mol. The summed E-state index contributed by atoms with van der Waals surface area (Å²) in [7, 11) is 0. The lowest BCUT2D eigenvalue weighted by atomic mass is 9.89. The number of fused-ring (bicyclic) bond motifs is 1. The Morgan fingerprint density at radius 3 is 2.23 bits per heavy atom. The molecule has 6 rings (SSSR count). The topological polar surface area (TPSA) is 65.2 Å². The summed E-state index contributed by atoms with van der Waals surface area (Å²) in [6, 6.07) is 31.2. The van der Waals surface area contributed by atoms with E-state index in [2.05, 4.69) is 62.7 Å². The van der Waals surface area contributed by atoms with E-state index in [1.54, 1.807) is 18.0 Å². The van der Waals surface area contributed by atoms with Crippen molar-refractivity contribution >= 4 is 44.3 Å². The number of aromatic amines is 1. The number of aromatic nitrogens is 1. The molecule has 2 N–H and O–H groups in total. The van der Waals surface area contributed by atoms with Crippen LogP contribution in [0, 0.1) is 0 Å². The summed E-state index contributed by atoms with van der Waals surface area (Å²) in [6.45, 7) is 1.54. The Balaban J connectivity index is 1.43. The summed E-state index contributed by atoms with van der Waals surface area (Å²) in [5.74, 6) is -0.110. The predicted octanol–water partition coefficient (Wildman–Crippen LogP) is 7.82. The van der Waals surface area contributed by atoms with Gasteiger partial charge in [-0.15, -0.1) is 0 Å². The van der Waals surface area contributed by atoms with Crippen molar-refractivity contribution in [2.75, 3.05) is 0 Å². The summed E-state index contributed by atoms with van der Waals surface area (Å²) in [6.07, 6.45) is 0.548. The third-order valence-corrected chi connectivity index (χ3v) is 8.07. The van der Waals surface area contributed by atoms with E-state index < -0.39 is 0 Å². The Morgan fingerprint density at radius 1 is 0.897 bits per heavy atom. The van der Waals surface area contributed by atoms with Gasteiger partial charge in [-0.05, 0) is 59.0 Å². The molecule has 0 bridgehead atoms. The van der Waals surface area contributed by atoms with Crippen LogP contribution in [0.25, 0.3) is 33.2 Å². The van der Waals surface area contributed by atoms with E-state index in [1.807, 2.05) is 54.6 Å². The maximum atomic E-state index is 13.6. The SMILES string of the molecule is CC(=O)N1NC(c2c(-c3ccccc3)c3cc(Cl)ccc3[nH]c2=O)CC1c1ccc(-c2ccc(Br)cc2)cc1. The third-order valence-electron chi connectivity index (χ3n) is 7.30. The average molecular weight is 599 g/mol. The van der Waals surface area contributed by atoms with Gasteiger partial charge in [-0.1, -0.05) is 94.3 Å². The Kier molecular flexibility index (Phi) is 6.85. The van der Waals surface area contributed by atoms with Crippen LogP contribution in [0.5, 0.6) is 0 Å². The molecule has 1 aliphatic rings. The molecule has 194 valence electrons. The van der Waals surface area contributed by atoms with Crippen LogP contribution in [0.4, 0.5) is 0 Å². The van der Waals surface area contributed by atoms with Gasteiger partial charge in [0.05, 0.1) is 12.1 Å². The number of pyridine rings is 1. The van der Waals surface area contributed by atoms with Crippen molar-refractivity contribution in [2.45, 2.75) is 25.4 Å². The van der Waals surface area contributed by atoms with Gasteiger partial charge in [0.1, 0.15) is 0 Å². The van der Waals surface area contributed by atoms with Gasteiger partial charge in [0.25, 0.3) is 5.56 Å². The molecule has 1 aliphatic heterocycles. The number of halogens is 2. The van der Waals surface area contributed by atoms with E-state index in [-0.39, 0.29) is 23.6 Å². The molecule has 1 saturated heterocycles. The van der Waals surface area contributed by atoms with E-state index in [9.17, 15) is 9.59 Å². The zero-order valence-electron chi connectivity index (χ0n) is 21.1. The monoisotopic (exact) mass is 597 g/mol. The summed E-state index contributed by atoms with van der Waals surface area (Å²) in [4.78, 5) is 29.4. The number of benzene rings is 4. The maximum absolute atomic E-state index is 13.6. The number of carbonyl (C=O) groups is 1. The van der Waals surface area contributed by atoms with Gasteiger partial charge in [0.2, 0.25) is 5.91 Å². The van der Waals surface area contributed by atoms with Crippen molar-refractivity contribution in [3.05, 3.63) is 128 Å². The Bertz CT molecular complexity index is 1730. The molecule has 2 unspecified atom stereocenters. The number of hydrogen-bond donors (Lipinski definition) is 2. The Labute approximate surface area is 239 Å². The van der Waals surface area contributed by atoms with Gasteiger partial charge in [-0.3, -0.25) is 14.6 Å². The molecule has 0 radical (unpaired) electrons. The van der Waals surface area contributed by atoms with Crippen LogP contribution < -0.4 is 11.0 Å². The van der Waals surface area contributed by atoms with Crippen molar-refractivity contribution < 1.29 is 4.79 Å². The first-order valence-corrected chi connectivity index (χ1v) is 13.9. The smallest absolute Gasteiger partial charge is 0.253 e. The molecule has 39 heavy (non-hydrogen) atoms. The van der Waals surface area contributed by atoms with Crippen molar-refractivity contribution in [1.82, 2.24) is 15.4 Å². The fourth-order valence-electron chi connectivity index (χ4n) is 5.49. The number of hydrogen-bond acceptors (Lipinski definition) is 3. The fraction of sp³-hybridized carbons (Fsp3) is 0.125. The minimum Gasteiger partial charge on any atom is -0.322 e. The number of nitrogens with zero attached hydrogens (tertiary/aromatic N) is 1. The van der Waals surface area contributed by atoms with E-state index in [1.165, 1.54) is 0 Å². The standard InChI is InChI=1S/C32H25BrClN3O2/c1-19(38)37-29(22-9-7-20(8-10-22)21-11-13-24(33)14-12-21)18-28(36-37)31-30(23-5-3-2-4-6-23)26-17-25(34)15-16-27(26)35-32(31)39/h2-17,28-29,36H,18H2,1H3,(H,35,39). The molecule has 1 aromatic heterocycles. The van der Waals surface area contributed by atoms with Crippen LogP contribution in [0.15, 0.2) is 106 Å². The minimum absolute atomic E-state index is 0.110. The quantitative estimate of drug-likeness (QED) is 0.222. The molecule has 4 aromatic carbocycles. The van der Waals surface area contributed by atoms with Crippen molar-refractivity contribution in [3.63, 3.8) is 0 Å². The molecule has 1 amide bonds. The second-order valence-electron chi connectivity index (χ2n) is 9.75. The fourth-order valence-corrected chi connectivity index (χ4v) is 5.92. The predicted molar refractivity (Wildman–Crippen MR) is 160 cm³/mol. The third kappa shape index (κ3) is 4.91. The van der Waals surface area contributed by atoms with E-state index in [4.69, 9.17) is 11.6 Å². The molecule has 2 atom stereocenters. The van der Waals surface area contributed by atoms with Gasteiger partial charge in [0, 0.05) is 38.4 Å². The number of nitrogens with one attached hydrogen (secondary N) is 2. The van der Waals surface area contributed by atoms with Crippen molar-refractivity contribution in [1.29, 1.82) is 0 Å². The van der Waals surface area contributed by atoms with Gasteiger partial charge in [-0.25, -0.2) is 5.43 Å². The van der Waals surface area contributed by atoms with Crippen LogP contribution >= 0.6 is 27.5 Å². The van der Waals surface area contributed by atoms with E-state index in [0.717, 1.165) is 37.7 Å². The number of H-pyrrole nitrogens is 1. The summed E-state index contributed by atoms with van der Waals surface area (Å²) in [5.41, 5.74) is 9.45. The zero-order valence-corrected chi connectivity index (χ0v) is 23.5. The lowest BCUT2D eigenvalue weighted by molar-refractivity contribution is -0.132. The second kappa shape index (κ2) is 10.5. The second-order valence-corrected chi connectivity index (χ2v) is 11.1. The van der Waals surface area contributed by atoms with Crippen LogP contribution in [0.2, 0.25) is 5.02 Å². The van der Waals surface area contributed by atoms with E-state index >= 15 is 0 Å². The number of hydrazine groups is 1. The maximum Gasteiger partial charge on any atom is 0.253 e. The van der Waals surface area contributed by atoms with Gasteiger partial charge < -0.3 is 4.98 Å². The number of amides is 1. The zero-order chi connectivity index (χ0) is 27.1. The Morgan fingerprint density at radius 2 is 1.56 bits per heavy atom. The highest BCUT2D eigenvalue weighted by molar-refractivity contribution is 9.10. The normalized spacial score (nSPS) is 17.1. The molecule has 5 aromatic rings. The molecule has 1 fully saturated rings. The van der Waals surface area contributed by atoms with Gasteiger partial charge in [0.15, 0.2) is 0 Å². The van der Waals surface area contributed by atoms with Crippen LogP contribution in [-0.4, -0.2) is 15.9 Å². The molecule has 5 nitrogen and oxygen atoms in total. The lowest BCUT2D eigenvalue weighted by Crippen LogP contribution is -2.38. The average Bonchev–Trinajstić information content (AvgIpc) is 3.39. The van der Waals surface area contributed by atoms with E-state index in [0.29, 0.717) is 22.5 Å². The highest BCUT2D eigenvalue weighted by atomic mass is 79.9. The highest BCUT2D eigenvalue weighted by Crippen LogP contribution is 2.41. The minimum atomic E-state index is -0.382. The lowest BCUT2D eigenvalue weighted by Gasteiger charge is -2.23. The largest absolute Gasteiger partial charge is 0.322 e. The van der Waals surface area contributed by atoms with Crippen molar-refractivity contribution in [2.24, 2.45) is 0 Å². The first-order chi connectivity index (χ1) is 18.9. The molecule has 0 spiro atoms. The summed E-state index contributed by atoms with van der Waals surface area (Å²) < 4.78 is 1.03. The molecule has 2 heterocycles. The van der Waals surface area contributed by atoms with Crippen molar-refractivity contribution in [3.8, 4) is 22.3 Å². The summed E-state index contributed by atoms with van der Waals surface area (Å²) in [5, 5.41) is 3.10. The molecule has 0 saturated carbocycles. The number of carbonyl (C=O) groups excluding carboxylic acids is 1. The highest BCUT2D eigenvalue weighted by Gasteiger charge is 2.38. The first kappa shape index (κ1) is 25.6. The first-order valence-electron chi connectivity index (χ1n) is 12.7. The van der Waals surface area contributed by atoms with Crippen LogP contribution in [0.3, 0.4) is 0 Å². The molecule has 0 aliphatic carbocycles. The summed E-state index contributed by atoms with van der Waals surface area (Å²) >= 11 is 9.89. The number of rotatable bonds is 4. The van der Waals surface area contributed by atoms with Gasteiger partial charge >= 0.3 is 0 Å². The van der Waals surface area contributed by atoms with Crippen LogP contribution in [-0.2, 0) is 4.79 Å². The Hall–Kier alpha value is -3.71. The molecular formula is C32H25BrClN3O2. The molecule has 7 heteroatoms. The van der Waals surface area contributed by atoms with Gasteiger partial charge in [-0.2, -0.15) is 0 Å². The van der Waals surface area contributed by atoms with Crippen LogP contribution in [0.1, 0.15) is 36.6 Å².